The molecule has 0 aliphatic carbocycles. The summed E-state index contributed by atoms with van der Waals surface area (Å²) in [6.07, 6.45) is 8.51. The van der Waals surface area contributed by atoms with Gasteiger partial charge < -0.3 is 49.3 Å². The lowest BCUT2D eigenvalue weighted by Crippen LogP contribution is -3.00. The van der Waals surface area contributed by atoms with Gasteiger partial charge in [-0.1, -0.05) is 68.3 Å². The van der Waals surface area contributed by atoms with Gasteiger partial charge in [0.15, 0.2) is 5.78 Å². The molecule has 0 unspecified atom stereocenters. The van der Waals surface area contributed by atoms with Crippen molar-refractivity contribution < 1.29 is 48.2 Å². The molecule has 0 radical (unpaired) electrons. The summed E-state index contributed by atoms with van der Waals surface area (Å²) >= 11 is 11.2. The lowest BCUT2D eigenvalue weighted by molar-refractivity contribution is -0.904. The SMILES string of the molecule is C=CC(=O)CCCC[N+](C)(C)Cc1ccc(C[N+](C)(C)CCCNC(=O)C=C)cc1.C=CC(=O)NCCCN(C)C.ClCc1ccc(CCl)cc1.[Cl-].[Cl-]. The van der Waals surface area contributed by atoms with E-state index in [1.54, 1.807) is 0 Å². The van der Waals surface area contributed by atoms with Crippen LogP contribution in [-0.2, 0) is 39.2 Å². The van der Waals surface area contributed by atoms with Crippen molar-refractivity contribution in [3.05, 3.63) is 109 Å². The van der Waals surface area contributed by atoms with E-state index >= 15 is 0 Å². The highest BCUT2D eigenvalue weighted by Gasteiger charge is 2.18. The van der Waals surface area contributed by atoms with Crippen LogP contribution in [0.15, 0.2) is 86.5 Å². The number of alkyl halides is 2. The molecule has 2 aromatic carbocycles. The van der Waals surface area contributed by atoms with Crippen molar-refractivity contribution in [3.8, 4) is 0 Å². The summed E-state index contributed by atoms with van der Waals surface area (Å²) in [6.45, 7) is 16.8. The first kappa shape index (κ1) is 54.7. The van der Waals surface area contributed by atoms with Crippen molar-refractivity contribution in [2.45, 2.75) is 57.0 Å². The molecule has 8 nitrogen and oxygen atoms in total. The molecular formula is C41H65Cl4N5O3. The molecule has 0 heterocycles. The number of carbonyl (C=O) groups is 3. The number of nitrogens with one attached hydrogen (secondary N) is 2. The van der Waals surface area contributed by atoms with Gasteiger partial charge in [-0.15, -0.1) is 23.2 Å². The van der Waals surface area contributed by atoms with Crippen LogP contribution in [0.4, 0.5) is 0 Å². The minimum atomic E-state index is -0.109. The molecule has 0 bridgehead atoms. The molecule has 53 heavy (non-hydrogen) atoms. The fourth-order valence-electron chi connectivity index (χ4n) is 5.03. The summed E-state index contributed by atoms with van der Waals surface area (Å²) in [7, 11) is 13.0. The molecule has 0 spiro atoms. The standard InChI is InChI=1S/C25H40N3O2.C8H8Cl2.C8H16N2O.2ClH/c1-7-24(29)12-9-10-18-27(3,4)20-22-13-15-23(16-14-22)21-28(5,6)19-11-17-26-25(30)8-2;9-5-7-1-2-8(6-10)4-3-7;1-4-8(11)9-6-5-7-10(2)3;;/h7-8,13-16H,1-2,9-12,17-21H2,3-6H3;1-4H,5-6H2;4H,1,5-7H2,2-3H3,(H,9,11);2*1H/q+1;;;;/p-1. The highest BCUT2D eigenvalue weighted by atomic mass is 35.5. The Balaban J connectivity index is -0.000000888. The van der Waals surface area contributed by atoms with Crippen molar-refractivity contribution in [2.75, 3.05) is 75.0 Å². The van der Waals surface area contributed by atoms with E-state index < -0.39 is 0 Å². The van der Waals surface area contributed by atoms with Crippen molar-refractivity contribution in [2.24, 2.45) is 0 Å². The molecule has 2 rings (SSSR count). The first-order chi connectivity index (χ1) is 24.1. The number of hydrogen-bond acceptors (Lipinski definition) is 4. The van der Waals surface area contributed by atoms with Crippen molar-refractivity contribution >= 4 is 40.8 Å². The first-order valence-electron chi connectivity index (χ1n) is 17.6. The Morgan fingerprint density at radius 3 is 1.36 bits per heavy atom. The molecule has 0 saturated heterocycles. The zero-order valence-electron chi connectivity index (χ0n) is 32.9. The van der Waals surface area contributed by atoms with Crippen molar-refractivity contribution in [1.82, 2.24) is 15.5 Å². The Morgan fingerprint density at radius 2 is 1.00 bits per heavy atom. The number of halogens is 4. The van der Waals surface area contributed by atoms with Crippen LogP contribution in [-0.4, -0.2) is 106 Å². The summed E-state index contributed by atoms with van der Waals surface area (Å²) in [5, 5.41) is 5.54. The highest BCUT2D eigenvalue weighted by Crippen LogP contribution is 2.16. The quantitative estimate of drug-likeness (QED) is 0.0802. The van der Waals surface area contributed by atoms with Gasteiger partial charge in [0.25, 0.3) is 0 Å². The predicted octanol–water partition coefficient (Wildman–Crippen LogP) is 0.870. The van der Waals surface area contributed by atoms with E-state index in [1.807, 2.05) is 38.4 Å². The van der Waals surface area contributed by atoms with Crippen molar-refractivity contribution in [1.29, 1.82) is 0 Å². The topological polar surface area (TPSA) is 78.5 Å². The van der Waals surface area contributed by atoms with Gasteiger partial charge in [-0.2, -0.15) is 0 Å². The molecule has 2 amide bonds. The second kappa shape index (κ2) is 31.6. The first-order valence-corrected chi connectivity index (χ1v) is 18.7. The van der Waals surface area contributed by atoms with E-state index in [0.717, 1.165) is 85.0 Å². The minimum absolute atomic E-state index is 0. The third kappa shape index (κ3) is 30.3. The fraction of sp³-hybridized carbons (Fsp3) is 0.488. The van der Waals surface area contributed by atoms with Gasteiger partial charge in [-0.25, -0.2) is 0 Å². The molecule has 0 fully saturated rings. The van der Waals surface area contributed by atoms with Crippen LogP contribution in [0.2, 0.25) is 0 Å². The van der Waals surface area contributed by atoms with Crippen LogP contribution in [0, 0.1) is 0 Å². The van der Waals surface area contributed by atoms with Gasteiger partial charge in [-0.3, -0.25) is 14.4 Å². The monoisotopic (exact) mass is 815 g/mol. The summed E-state index contributed by atoms with van der Waals surface area (Å²) in [6, 6.07) is 16.9. The molecule has 0 aromatic heterocycles. The summed E-state index contributed by atoms with van der Waals surface area (Å²) in [5.74, 6) is 1.08. The number of ketones is 1. The number of allylic oxidation sites excluding steroid dienone is 1. The molecule has 2 aromatic rings. The van der Waals surface area contributed by atoms with Gasteiger partial charge in [0.05, 0.1) is 41.3 Å². The molecule has 300 valence electrons. The number of nitrogens with zero attached hydrogens (tertiary/aromatic N) is 3. The Kier molecular flexibility index (Phi) is 32.6. The molecule has 0 aliphatic rings. The zero-order valence-corrected chi connectivity index (χ0v) is 36.0. The number of amides is 2. The van der Waals surface area contributed by atoms with E-state index in [0.29, 0.717) is 24.7 Å². The van der Waals surface area contributed by atoms with Crippen LogP contribution in [0.5, 0.6) is 0 Å². The molecule has 12 heteroatoms. The lowest BCUT2D eigenvalue weighted by atomic mass is 10.1. The number of unbranched alkanes of at least 4 members (excludes halogenated alkanes) is 1. The number of hydrogen-bond donors (Lipinski definition) is 2. The normalized spacial score (nSPS) is 10.5. The number of carbonyl (C=O) groups excluding carboxylic acids is 3. The molecule has 0 saturated carbocycles. The second-order valence-corrected chi connectivity index (χ2v) is 14.7. The number of rotatable bonds is 22. The Hall–Kier alpha value is -2.69. The van der Waals surface area contributed by atoms with Crippen LogP contribution in [0.25, 0.3) is 0 Å². The van der Waals surface area contributed by atoms with E-state index in [9.17, 15) is 14.4 Å². The zero-order chi connectivity index (χ0) is 38.7. The maximum atomic E-state index is 11.3. The van der Waals surface area contributed by atoms with Crippen LogP contribution >= 0.6 is 23.2 Å². The summed E-state index contributed by atoms with van der Waals surface area (Å²) < 4.78 is 1.80. The number of quaternary nitrogens is 2. The maximum Gasteiger partial charge on any atom is 0.243 e. The smallest absolute Gasteiger partial charge is 0.243 e. The largest absolute Gasteiger partial charge is 1.00 e. The van der Waals surface area contributed by atoms with Gasteiger partial charge in [0.1, 0.15) is 13.1 Å². The van der Waals surface area contributed by atoms with Gasteiger partial charge >= 0.3 is 0 Å². The molecular weight excluding hydrogens is 752 g/mol. The molecule has 0 aliphatic heterocycles. The van der Waals surface area contributed by atoms with Crippen LogP contribution < -0.4 is 35.4 Å². The third-order valence-corrected chi connectivity index (χ3v) is 8.55. The van der Waals surface area contributed by atoms with E-state index in [4.69, 9.17) is 23.2 Å². The van der Waals surface area contributed by atoms with E-state index in [2.05, 4.69) is 87.7 Å². The van der Waals surface area contributed by atoms with Crippen LogP contribution in [0.3, 0.4) is 0 Å². The Labute approximate surface area is 343 Å². The predicted molar refractivity (Wildman–Crippen MR) is 217 cm³/mol. The Bertz CT molecular complexity index is 1230. The average Bonchev–Trinajstić information content (AvgIpc) is 3.11. The van der Waals surface area contributed by atoms with Gasteiger partial charge in [0.2, 0.25) is 11.8 Å². The Morgan fingerprint density at radius 1 is 0.623 bits per heavy atom. The van der Waals surface area contributed by atoms with E-state index in [1.165, 1.54) is 29.4 Å². The maximum absolute atomic E-state index is 11.3. The van der Waals surface area contributed by atoms with Gasteiger partial charge in [0, 0.05) is 48.8 Å². The number of benzene rings is 2. The summed E-state index contributed by atoms with van der Waals surface area (Å²) in [5.41, 5.74) is 4.93. The average molecular weight is 818 g/mol. The highest BCUT2D eigenvalue weighted by molar-refractivity contribution is 6.17. The summed E-state index contributed by atoms with van der Waals surface area (Å²) in [4.78, 5) is 35.2. The molecule has 0 atom stereocenters. The second-order valence-electron chi connectivity index (χ2n) is 14.2. The van der Waals surface area contributed by atoms with Gasteiger partial charge in [-0.05, 0) is 69.3 Å². The third-order valence-electron chi connectivity index (χ3n) is 7.93. The fourth-order valence-corrected chi connectivity index (χ4v) is 5.38. The van der Waals surface area contributed by atoms with Crippen molar-refractivity contribution in [3.63, 3.8) is 0 Å². The van der Waals surface area contributed by atoms with E-state index in [-0.39, 0.29) is 42.4 Å². The minimum Gasteiger partial charge on any atom is -1.00 e. The molecule has 2 N–H and O–H groups in total. The van der Waals surface area contributed by atoms with Crippen LogP contribution in [0.1, 0.15) is 54.4 Å². The lowest BCUT2D eigenvalue weighted by Gasteiger charge is -2.31.